The quantitative estimate of drug-likeness (QED) is 0.915. The van der Waals surface area contributed by atoms with Crippen molar-refractivity contribution in [1.82, 2.24) is 19.9 Å². The Morgan fingerprint density at radius 1 is 1.38 bits per heavy atom. The first-order valence-corrected chi connectivity index (χ1v) is 8.61. The predicted octanol–water partition coefficient (Wildman–Crippen LogP) is 2.51. The highest BCUT2D eigenvalue weighted by atomic mass is 16.5. The van der Waals surface area contributed by atoms with Gasteiger partial charge in [-0.15, -0.1) is 0 Å². The van der Waals surface area contributed by atoms with E-state index in [1.54, 1.807) is 12.4 Å². The summed E-state index contributed by atoms with van der Waals surface area (Å²) in [6.45, 7) is 5.65. The van der Waals surface area contributed by atoms with Crippen LogP contribution in [0, 0.1) is 0 Å². The number of rotatable bonds is 5. The fourth-order valence-electron chi connectivity index (χ4n) is 3.09. The van der Waals surface area contributed by atoms with Crippen LogP contribution in [-0.2, 0) is 17.7 Å². The second-order valence-corrected chi connectivity index (χ2v) is 5.99. The van der Waals surface area contributed by atoms with Crippen LogP contribution in [0.15, 0.2) is 30.7 Å². The molecular weight excluding hydrogens is 304 g/mol. The minimum absolute atomic E-state index is 0.0916. The highest BCUT2D eigenvalue weighted by Gasteiger charge is 2.32. The molecule has 3 rings (SSSR count). The Morgan fingerprint density at radius 2 is 2.25 bits per heavy atom. The van der Waals surface area contributed by atoms with Crippen molar-refractivity contribution in [3.63, 3.8) is 0 Å². The summed E-state index contributed by atoms with van der Waals surface area (Å²) in [6.07, 6.45) is 7.88. The summed E-state index contributed by atoms with van der Waals surface area (Å²) in [5.41, 5.74) is 1.56. The van der Waals surface area contributed by atoms with E-state index in [2.05, 4.69) is 33.7 Å². The molecule has 0 saturated carbocycles. The van der Waals surface area contributed by atoms with E-state index in [4.69, 9.17) is 4.74 Å². The van der Waals surface area contributed by atoms with Crippen molar-refractivity contribution in [2.45, 2.75) is 51.8 Å². The average molecular weight is 328 g/mol. The van der Waals surface area contributed by atoms with Gasteiger partial charge < -0.3 is 14.6 Å². The van der Waals surface area contributed by atoms with E-state index in [0.717, 1.165) is 37.2 Å². The Kier molecular flexibility index (Phi) is 5.25. The first-order chi connectivity index (χ1) is 11.7. The molecule has 6 nitrogen and oxygen atoms in total. The summed E-state index contributed by atoms with van der Waals surface area (Å²) in [5, 5.41) is 3.10. The van der Waals surface area contributed by atoms with Crippen LogP contribution in [-0.4, -0.2) is 33.1 Å². The Hall–Kier alpha value is -2.21. The molecule has 1 fully saturated rings. The molecule has 0 aliphatic carbocycles. The zero-order valence-electron chi connectivity index (χ0n) is 14.2. The van der Waals surface area contributed by atoms with Gasteiger partial charge in [0.25, 0.3) is 5.91 Å². The molecule has 1 N–H and O–H groups in total. The van der Waals surface area contributed by atoms with Gasteiger partial charge in [-0.1, -0.05) is 6.92 Å². The van der Waals surface area contributed by atoms with Crippen LogP contribution in [0.1, 0.15) is 54.7 Å². The number of nitrogens with one attached hydrogen (secondary N) is 1. The van der Waals surface area contributed by atoms with Gasteiger partial charge in [-0.05, 0) is 43.9 Å². The molecular formula is C18H24N4O2. The molecule has 1 aliphatic heterocycles. The lowest BCUT2D eigenvalue weighted by Crippen LogP contribution is -2.43. The number of amides is 1. The number of hydrogen-bond acceptors (Lipinski definition) is 4. The van der Waals surface area contributed by atoms with E-state index in [1.165, 1.54) is 0 Å². The van der Waals surface area contributed by atoms with Gasteiger partial charge in [-0.3, -0.25) is 9.78 Å². The minimum atomic E-state index is -0.216. The summed E-state index contributed by atoms with van der Waals surface area (Å²) in [6, 6.07) is 3.69. The molecule has 0 unspecified atom stereocenters. The van der Waals surface area contributed by atoms with Crippen molar-refractivity contribution < 1.29 is 9.53 Å². The maximum absolute atomic E-state index is 12.6. The Balaban J connectivity index is 1.77. The van der Waals surface area contributed by atoms with Gasteiger partial charge in [0.1, 0.15) is 17.6 Å². The summed E-state index contributed by atoms with van der Waals surface area (Å²) in [5.74, 6) is 0.721. The predicted molar refractivity (Wildman–Crippen MR) is 90.7 cm³/mol. The number of carbonyl (C=O) groups is 1. The standard InChI is InChI=1S/C18H24N4O2/c1-3-13-7-8-19-15(12-13)18(23)21-14-6-5-11-24-16(14)17-20-9-10-22(17)4-2/h7-10,12,14,16H,3-6,11H2,1-2H3,(H,21,23)/t14-,16-/m0/s1. The Morgan fingerprint density at radius 3 is 3.04 bits per heavy atom. The topological polar surface area (TPSA) is 69.0 Å². The highest BCUT2D eigenvalue weighted by molar-refractivity contribution is 5.92. The lowest BCUT2D eigenvalue weighted by Gasteiger charge is -2.32. The van der Waals surface area contributed by atoms with Crippen LogP contribution < -0.4 is 5.32 Å². The largest absolute Gasteiger partial charge is 0.368 e. The van der Waals surface area contributed by atoms with E-state index < -0.39 is 0 Å². The fourth-order valence-corrected chi connectivity index (χ4v) is 3.09. The average Bonchev–Trinajstić information content (AvgIpc) is 3.10. The van der Waals surface area contributed by atoms with Gasteiger partial charge in [0, 0.05) is 31.7 Å². The molecule has 2 aromatic rings. The second kappa shape index (κ2) is 7.57. The first-order valence-electron chi connectivity index (χ1n) is 8.61. The van der Waals surface area contributed by atoms with Crippen LogP contribution in [0.4, 0.5) is 0 Å². The SMILES string of the molecule is CCc1ccnc(C(=O)N[C@H]2CCCO[C@@H]2c2nccn2CC)c1. The molecule has 1 aliphatic rings. The van der Waals surface area contributed by atoms with Gasteiger partial charge in [0.2, 0.25) is 0 Å². The van der Waals surface area contributed by atoms with Crippen molar-refractivity contribution in [3.05, 3.63) is 47.8 Å². The van der Waals surface area contributed by atoms with E-state index in [9.17, 15) is 4.79 Å². The lowest BCUT2D eigenvalue weighted by atomic mass is 10.0. The maximum Gasteiger partial charge on any atom is 0.270 e. The zero-order chi connectivity index (χ0) is 16.9. The van der Waals surface area contributed by atoms with Crippen LogP contribution in [0.5, 0.6) is 0 Å². The van der Waals surface area contributed by atoms with Crippen LogP contribution in [0.3, 0.4) is 0 Å². The first kappa shape index (κ1) is 16.6. The van der Waals surface area contributed by atoms with Gasteiger partial charge in [-0.25, -0.2) is 4.98 Å². The molecule has 2 atom stereocenters. The number of carbonyl (C=O) groups excluding carboxylic acids is 1. The van der Waals surface area contributed by atoms with Crippen LogP contribution in [0.2, 0.25) is 0 Å². The molecule has 6 heteroatoms. The second-order valence-electron chi connectivity index (χ2n) is 5.99. The summed E-state index contributed by atoms with van der Waals surface area (Å²) in [4.78, 5) is 21.2. The molecule has 0 aromatic carbocycles. The number of aromatic nitrogens is 3. The summed E-state index contributed by atoms with van der Waals surface area (Å²) >= 11 is 0. The maximum atomic E-state index is 12.6. The molecule has 0 spiro atoms. The number of ether oxygens (including phenoxy) is 1. The number of imidazole rings is 1. The number of pyridine rings is 1. The summed E-state index contributed by atoms with van der Waals surface area (Å²) in [7, 11) is 0. The monoisotopic (exact) mass is 328 g/mol. The van der Waals surface area contributed by atoms with E-state index in [1.807, 2.05) is 18.3 Å². The number of nitrogens with zero attached hydrogens (tertiary/aromatic N) is 3. The normalized spacial score (nSPS) is 20.8. The molecule has 0 radical (unpaired) electrons. The molecule has 1 amide bonds. The van der Waals surface area contributed by atoms with Crippen molar-refractivity contribution in [3.8, 4) is 0 Å². The minimum Gasteiger partial charge on any atom is -0.368 e. The highest BCUT2D eigenvalue weighted by Crippen LogP contribution is 2.27. The van der Waals surface area contributed by atoms with E-state index >= 15 is 0 Å². The van der Waals surface area contributed by atoms with Crippen molar-refractivity contribution in [1.29, 1.82) is 0 Å². The lowest BCUT2D eigenvalue weighted by molar-refractivity contribution is -0.0163. The third-order valence-corrected chi connectivity index (χ3v) is 4.45. The van der Waals surface area contributed by atoms with Crippen molar-refractivity contribution >= 4 is 5.91 Å². The van der Waals surface area contributed by atoms with Crippen molar-refractivity contribution in [2.75, 3.05) is 6.61 Å². The van der Waals surface area contributed by atoms with Gasteiger partial charge in [0.15, 0.2) is 0 Å². The third-order valence-electron chi connectivity index (χ3n) is 4.45. The molecule has 24 heavy (non-hydrogen) atoms. The molecule has 1 saturated heterocycles. The van der Waals surface area contributed by atoms with Crippen LogP contribution in [0.25, 0.3) is 0 Å². The fraction of sp³-hybridized carbons (Fsp3) is 0.500. The van der Waals surface area contributed by atoms with E-state index in [0.29, 0.717) is 12.3 Å². The number of aryl methyl sites for hydroxylation is 2. The van der Waals surface area contributed by atoms with Crippen molar-refractivity contribution in [2.24, 2.45) is 0 Å². The third kappa shape index (κ3) is 3.48. The Bertz CT molecular complexity index is 698. The molecule has 128 valence electrons. The number of hydrogen-bond donors (Lipinski definition) is 1. The summed E-state index contributed by atoms with van der Waals surface area (Å²) < 4.78 is 8.00. The molecule has 3 heterocycles. The van der Waals surface area contributed by atoms with Gasteiger partial charge in [0.05, 0.1) is 6.04 Å². The molecule has 0 bridgehead atoms. The van der Waals surface area contributed by atoms with Gasteiger partial charge in [-0.2, -0.15) is 0 Å². The van der Waals surface area contributed by atoms with E-state index in [-0.39, 0.29) is 18.1 Å². The Labute approximate surface area is 142 Å². The molecule has 2 aromatic heterocycles. The smallest absolute Gasteiger partial charge is 0.270 e. The van der Waals surface area contributed by atoms with Crippen LogP contribution >= 0.6 is 0 Å². The zero-order valence-corrected chi connectivity index (χ0v) is 14.2. The van der Waals surface area contributed by atoms with Gasteiger partial charge >= 0.3 is 0 Å².